The summed E-state index contributed by atoms with van der Waals surface area (Å²) in [5.74, 6) is 2.28. The van der Waals surface area contributed by atoms with Gasteiger partial charge in [-0.05, 0) is 38.5 Å². The van der Waals surface area contributed by atoms with Gasteiger partial charge in [-0.2, -0.15) is 0 Å². The maximum absolute atomic E-state index is 12.4. The fourth-order valence-electron chi connectivity index (χ4n) is 3.53. The predicted molar refractivity (Wildman–Crippen MR) is 92.6 cm³/mol. The Morgan fingerprint density at radius 1 is 1.50 bits per heavy atom. The van der Waals surface area contributed by atoms with Crippen molar-refractivity contribution in [2.45, 2.75) is 38.0 Å². The van der Waals surface area contributed by atoms with Crippen molar-refractivity contribution in [2.75, 3.05) is 24.2 Å². The molecule has 1 saturated carbocycles. The first-order chi connectivity index (χ1) is 11.4. The van der Waals surface area contributed by atoms with E-state index in [0.717, 1.165) is 25.9 Å². The number of hydrogen-bond donors (Lipinski definition) is 2. The van der Waals surface area contributed by atoms with Crippen LogP contribution in [0.4, 0.5) is 5.82 Å². The van der Waals surface area contributed by atoms with Crippen LogP contribution in [0.5, 0.6) is 0 Å². The number of nitrogens with two attached hydrogens (primary N) is 1. The van der Waals surface area contributed by atoms with Crippen molar-refractivity contribution >= 4 is 29.4 Å². The van der Waals surface area contributed by atoms with E-state index < -0.39 is 0 Å². The highest BCUT2D eigenvalue weighted by Crippen LogP contribution is 2.37. The second kappa shape index (κ2) is 7.14. The predicted octanol–water partition coefficient (Wildman–Crippen LogP) is 1.24. The average Bonchev–Trinajstić information content (AvgIpc) is 3.23. The van der Waals surface area contributed by atoms with E-state index in [0.29, 0.717) is 29.2 Å². The molecule has 0 aromatic carbocycles. The van der Waals surface area contributed by atoms with Crippen molar-refractivity contribution in [2.24, 2.45) is 17.6 Å². The molecule has 1 aliphatic carbocycles. The van der Waals surface area contributed by atoms with Gasteiger partial charge in [0.2, 0.25) is 11.8 Å². The first-order valence-corrected chi connectivity index (χ1v) is 9.38. The highest BCUT2D eigenvalue weighted by Gasteiger charge is 2.42. The van der Waals surface area contributed by atoms with Crippen LogP contribution < -0.4 is 11.1 Å². The number of hydrogen-bond acceptors (Lipinski definition) is 6. The van der Waals surface area contributed by atoms with E-state index in [1.54, 1.807) is 19.9 Å². The molecule has 0 spiro atoms. The van der Waals surface area contributed by atoms with Gasteiger partial charge < -0.3 is 20.5 Å². The first-order valence-electron chi connectivity index (χ1n) is 8.33. The van der Waals surface area contributed by atoms with Crippen LogP contribution in [0.25, 0.3) is 0 Å². The Morgan fingerprint density at radius 2 is 2.29 bits per heavy atom. The third-order valence-electron chi connectivity index (χ3n) is 4.97. The minimum Gasteiger partial charge on any atom is -0.360 e. The lowest BCUT2D eigenvalue weighted by Gasteiger charge is -2.19. The van der Waals surface area contributed by atoms with Crippen LogP contribution in [0, 0.1) is 18.8 Å². The summed E-state index contributed by atoms with van der Waals surface area (Å²) in [7, 11) is 0. The standard InChI is InChI=1S/C16H24N4O3S/c1-9-5-14(19-23-9)18-16(22)10(2)24-8-15(21)20-6-11-3-4-13(17)12(11)7-20/h5,10-13H,3-4,6-8,17H2,1-2H3,(H,18,19,22). The quantitative estimate of drug-likeness (QED) is 0.827. The van der Waals surface area contributed by atoms with Gasteiger partial charge in [0.25, 0.3) is 0 Å². The summed E-state index contributed by atoms with van der Waals surface area (Å²) >= 11 is 1.34. The molecule has 7 nitrogen and oxygen atoms in total. The SMILES string of the molecule is Cc1cc(NC(=O)C(C)SCC(=O)N2CC3CCC(N)C3C2)no1. The van der Waals surface area contributed by atoms with E-state index in [9.17, 15) is 9.59 Å². The number of amides is 2. The molecule has 132 valence electrons. The van der Waals surface area contributed by atoms with Gasteiger partial charge in [-0.3, -0.25) is 9.59 Å². The van der Waals surface area contributed by atoms with Crippen LogP contribution in [-0.4, -0.2) is 52.0 Å². The minimum absolute atomic E-state index is 0.0959. The van der Waals surface area contributed by atoms with Gasteiger partial charge in [0.15, 0.2) is 5.82 Å². The lowest BCUT2D eigenvalue weighted by molar-refractivity contribution is -0.127. The van der Waals surface area contributed by atoms with Gasteiger partial charge >= 0.3 is 0 Å². The molecule has 2 aliphatic rings. The second-order valence-corrected chi connectivity index (χ2v) is 8.06. The third kappa shape index (κ3) is 3.75. The van der Waals surface area contributed by atoms with Crippen molar-refractivity contribution in [1.29, 1.82) is 0 Å². The zero-order valence-electron chi connectivity index (χ0n) is 14.0. The summed E-state index contributed by atoms with van der Waals surface area (Å²) in [6.45, 7) is 5.13. The Morgan fingerprint density at radius 3 is 2.96 bits per heavy atom. The van der Waals surface area contributed by atoms with Crippen molar-refractivity contribution < 1.29 is 14.1 Å². The Balaban J connectivity index is 1.43. The molecule has 4 unspecified atom stereocenters. The van der Waals surface area contributed by atoms with Crippen LogP contribution in [0.15, 0.2) is 10.6 Å². The number of carbonyl (C=O) groups excluding carboxylic acids is 2. The van der Waals surface area contributed by atoms with Crippen LogP contribution in [0.3, 0.4) is 0 Å². The van der Waals surface area contributed by atoms with E-state index in [1.165, 1.54) is 11.8 Å². The Hall–Kier alpha value is -1.54. The molecular weight excluding hydrogens is 328 g/mol. The van der Waals surface area contributed by atoms with Gasteiger partial charge in [0.05, 0.1) is 11.0 Å². The molecule has 0 radical (unpaired) electrons. The molecule has 1 aliphatic heterocycles. The summed E-state index contributed by atoms with van der Waals surface area (Å²) < 4.78 is 4.91. The molecule has 2 heterocycles. The summed E-state index contributed by atoms with van der Waals surface area (Å²) in [6, 6.07) is 1.89. The number of carbonyl (C=O) groups is 2. The summed E-state index contributed by atoms with van der Waals surface area (Å²) in [5.41, 5.74) is 6.11. The summed E-state index contributed by atoms with van der Waals surface area (Å²) in [4.78, 5) is 26.4. The number of thioether (sulfide) groups is 1. The number of fused-ring (bicyclic) bond motifs is 1. The number of nitrogens with zero attached hydrogens (tertiary/aromatic N) is 2. The Kier molecular flexibility index (Phi) is 5.15. The zero-order chi connectivity index (χ0) is 17.3. The number of aromatic nitrogens is 1. The highest BCUT2D eigenvalue weighted by molar-refractivity contribution is 8.01. The number of likely N-dealkylation sites (tertiary alicyclic amines) is 1. The van der Waals surface area contributed by atoms with Crippen molar-refractivity contribution in [1.82, 2.24) is 10.1 Å². The van der Waals surface area contributed by atoms with E-state index in [2.05, 4.69) is 10.5 Å². The van der Waals surface area contributed by atoms with E-state index in [4.69, 9.17) is 10.3 Å². The van der Waals surface area contributed by atoms with E-state index in [-0.39, 0.29) is 23.1 Å². The molecule has 4 atom stereocenters. The van der Waals surface area contributed by atoms with E-state index in [1.807, 2.05) is 4.90 Å². The summed E-state index contributed by atoms with van der Waals surface area (Å²) in [5, 5.41) is 6.08. The first kappa shape index (κ1) is 17.3. The largest absolute Gasteiger partial charge is 0.360 e. The lowest BCUT2D eigenvalue weighted by atomic mass is 9.98. The molecule has 24 heavy (non-hydrogen) atoms. The highest BCUT2D eigenvalue weighted by atomic mass is 32.2. The Labute approximate surface area is 145 Å². The van der Waals surface area contributed by atoms with E-state index >= 15 is 0 Å². The summed E-state index contributed by atoms with van der Waals surface area (Å²) in [6.07, 6.45) is 2.20. The number of anilines is 1. The normalized spacial score (nSPS) is 27.1. The van der Waals surface area contributed by atoms with Gasteiger partial charge in [-0.15, -0.1) is 11.8 Å². The molecule has 2 amide bonds. The molecule has 8 heteroatoms. The molecule has 3 rings (SSSR count). The third-order valence-corrected chi connectivity index (χ3v) is 6.10. The van der Waals surface area contributed by atoms with Gasteiger partial charge in [0, 0.05) is 25.2 Å². The average molecular weight is 352 g/mol. The maximum Gasteiger partial charge on any atom is 0.238 e. The fraction of sp³-hybridized carbons (Fsp3) is 0.688. The zero-order valence-corrected chi connectivity index (χ0v) is 14.8. The van der Waals surface area contributed by atoms with Crippen molar-refractivity contribution in [3.05, 3.63) is 11.8 Å². The molecule has 2 fully saturated rings. The molecule has 1 aromatic heterocycles. The Bertz CT molecular complexity index is 620. The van der Waals surface area contributed by atoms with Crippen LogP contribution in [0.2, 0.25) is 0 Å². The van der Waals surface area contributed by atoms with Crippen LogP contribution >= 0.6 is 11.8 Å². The number of rotatable bonds is 5. The molecule has 1 aromatic rings. The van der Waals surface area contributed by atoms with Crippen molar-refractivity contribution in [3.8, 4) is 0 Å². The van der Waals surface area contributed by atoms with Gasteiger partial charge in [-0.1, -0.05) is 5.16 Å². The fourth-order valence-corrected chi connectivity index (χ4v) is 4.31. The number of aryl methyl sites for hydroxylation is 1. The van der Waals surface area contributed by atoms with Crippen molar-refractivity contribution in [3.63, 3.8) is 0 Å². The molecular formula is C16H24N4O3S. The maximum atomic E-state index is 12.4. The lowest BCUT2D eigenvalue weighted by Crippen LogP contribution is -2.35. The van der Waals surface area contributed by atoms with Gasteiger partial charge in [0.1, 0.15) is 5.76 Å². The molecule has 0 bridgehead atoms. The second-order valence-electron chi connectivity index (χ2n) is 6.73. The topological polar surface area (TPSA) is 101 Å². The molecule has 1 saturated heterocycles. The molecule has 3 N–H and O–H groups in total. The monoisotopic (exact) mass is 352 g/mol. The minimum atomic E-state index is -0.338. The number of nitrogens with one attached hydrogen (secondary N) is 1. The van der Waals surface area contributed by atoms with Crippen LogP contribution in [0.1, 0.15) is 25.5 Å². The smallest absolute Gasteiger partial charge is 0.238 e. The van der Waals surface area contributed by atoms with Crippen LogP contribution in [-0.2, 0) is 9.59 Å². The van der Waals surface area contributed by atoms with Gasteiger partial charge in [-0.25, -0.2) is 0 Å².